The van der Waals surface area contributed by atoms with E-state index in [1.165, 1.54) is 6.20 Å². The molecule has 0 saturated heterocycles. The second-order valence-electron chi connectivity index (χ2n) is 3.07. The average molecular weight is 290 g/mol. The number of hydrogen-bond donors (Lipinski definition) is 2. The molecule has 1 rings (SSSR count). The molecule has 0 saturated carbocycles. The van der Waals surface area contributed by atoms with E-state index in [0.717, 1.165) is 4.47 Å². The van der Waals surface area contributed by atoms with Gasteiger partial charge in [-0.2, -0.15) is 0 Å². The van der Waals surface area contributed by atoms with Crippen molar-refractivity contribution < 1.29 is 19.7 Å². The SMILES string of the molecule is O=C(O)C(OCCCO)c1ccc(Br)cn1. The van der Waals surface area contributed by atoms with Crippen LogP contribution in [0.5, 0.6) is 0 Å². The third-order valence-electron chi connectivity index (χ3n) is 1.83. The van der Waals surface area contributed by atoms with E-state index < -0.39 is 12.1 Å². The third kappa shape index (κ3) is 3.88. The highest BCUT2D eigenvalue weighted by molar-refractivity contribution is 9.10. The summed E-state index contributed by atoms with van der Waals surface area (Å²) in [5, 5.41) is 17.5. The van der Waals surface area contributed by atoms with Crippen LogP contribution in [-0.4, -0.2) is 34.4 Å². The van der Waals surface area contributed by atoms with Gasteiger partial charge in [-0.25, -0.2) is 4.79 Å². The maximum absolute atomic E-state index is 10.9. The number of carboxylic acid groups (broad SMARTS) is 1. The monoisotopic (exact) mass is 289 g/mol. The number of pyridine rings is 1. The Morgan fingerprint density at radius 2 is 2.31 bits per heavy atom. The van der Waals surface area contributed by atoms with Crippen LogP contribution in [0.25, 0.3) is 0 Å². The van der Waals surface area contributed by atoms with Gasteiger partial charge >= 0.3 is 5.97 Å². The van der Waals surface area contributed by atoms with Gasteiger partial charge in [0.05, 0.1) is 12.3 Å². The second kappa shape index (κ2) is 6.57. The Balaban J connectivity index is 2.69. The van der Waals surface area contributed by atoms with E-state index in [4.69, 9.17) is 14.9 Å². The van der Waals surface area contributed by atoms with Crippen LogP contribution < -0.4 is 0 Å². The zero-order chi connectivity index (χ0) is 12.0. The first-order valence-electron chi connectivity index (χ1n) is 4.72. The fourth-order valence-electron chi connectivity index (χ4n) is 1.09. The molecule has 1 aromatic rings. The zero-order valence-corrected chi connectivity index (χ0v) is 10.1. The number of carbonyl (C=O) groups is 1. The number of ether oxygens (including phenoxy) is 1. The topological polar surface area (TPSA) is 79.7 Å². The van der Waals surface area contributed by atoms with Crippen molar-refractivity contribution in [1.82, 2.24) is 4.98 Å². The Morgan fingerprint density at radius 1 is 1.56 bits per heavy atom. The minimum absolute atomic E-state index is 0.0277. The number of aliphatic carboxylic acids is 1. The fourth-order valence-corrected chi connectivity index (χ4v) is 1.33. The molecule has 0 aliphatic heterocycles. The Morgan fingerprint density at radius 3 is 2.81 bits per heavy atom. The quantitative estimate of drug-likeness (QED) is 0.773. The molecular weight excluding hydrogens is 278 g/mol. The van der Waals surface area contributed by atoms with E-state index in [0.29, 0.717) is 12.1 Å². The maximum atomic E-state index is 10.9. The van der Waals surface area contributed by atoms with Gasteiger partial charge in [0.2, 0.25) is 0 Å². The molecule has 0 aliphatic carbocycles. The molecule has 0 spiro atoms. The van der Waals surface area contributed by atoms with Crippen LogP contribution in [0, 0.1) is 0 Å². The van der Waals surface area contributed by atoms with E-state index in [-0.39, 0.29) is 13.2 Å². The lowest BCUT2D eigenvalue weighted by Gasteiger charge is -2.12. The first-order valence-corrected chi connectivity index (χ1v) is 5.51. The first kappa shape index (κ1) is 13.1. The first-order chi connectivity index (χ1) is 7.65. The Hall–Kier alpha value is -0.980. The summed E-state index contributed by atoms with van der Waals surface area (Å²) in [5.41, 5.74) is 0.341. The van der Waals surface area contributed by atoms with E-state index in [1.54, 1.807) is 12.1 Å². The molecule has 1 unspecified atom stereocenters. The molecule has 0 radical (unpaired) electrons. The Bertz CT molecular complexity index is 341. The lowest BCUT2D eigenvalue weighted by Crippen LogP contribution is -2.17. The van der Waals surface area contributed by atoms with E-state index >= 15 is 0 Å². The van der Waals surface area contributed by atoms with Crippen molar-refractivity contribution in [2.45, 2.75) is 12.5 Å². The maximum Gasteiger partial charge on any atom is 0.339 e. The Labute approximate surface area is 101 Å². The molecule has 88 valence electrons. The summed E-state index contributed by atoms with van der Waals surface area (Å²) in [7, 11) is 0. The van der Waals surface area contributed by atoms with Gasteiger partial charge in [0, 0.05) is 17.3 Å². The van der Waals surface area contributed by atoms with Gasteiger partial charge in [-0.15, -0.1) is 0 Å². The number of aromatic nitrogens is 1. The Kier molecular flexibility index (Phi) is 5.37. The van der Waals surface area contributed by atoms with Gasteiger partial charge in [0.1, 0.15) is 0 Å². The van der Waals surface area contributed by atoms with Gasteiger partial charge < -0.3 is 14.9 Å². The number of aliphatic hydroxyl groups is 1. The van der Waals surface area contributed by atoms with Crippen LogP contribution in [0.3, 0.4) is 0 Å². The molecule has 6 heteroatoms. The average Bonchev–Trinajstić information content (AvgIpc) is 2.26. The third-order valence-corrected chi connectivity index (χ3v) is 2.30. The summed E-state index contributed by atoms with van der Waals surface area (Å²) in [4.78, 5) is 14.9. The molecule has 2 N–H and O–H groups in total. The summed E-state index contributed by atoms with van der Waals surface area (Å²) in [6.07, 6.45) is 0.834. The van der Waals surface area contributed by atoms with E-state index in [9.17, 15) is 4.79 Å². The molecule has 0 aromatic carbocycles. The minimum atomic E-state index is -1.09. The number of rotatable bonds is 6. The van der Waals surface area contributed by atoms with Crippen molar-refractivity contribution in [1.29, 1.82) is 0 Å². The second-order valence-corrected chi connectivity index (χ2v) is 3.98. The summed E-state index contributed by atoms with van der Waals surface area (Å²) in [6, 6.07) is 3.29. The van der Waals surface area contributed by atoms with Crippen LogP contribution >= 0.6 is 15.9 Å². The van der Waals surface area contributed by atoms with Crippen molar-refractivity contribution in [3.63, 3.8) is 0 Å². The molecule has 0 amide bonds. The molecule has 0 aliphatic rings. The standard InChI is InChI=1S/C10H12BrNO4/c11-7-2-3-8(12-6-7)9(10(14)15)16-5-1-4-13/h2-3,6,9,13H,1,4-5H2,(H,14,15). The normalized spacial score (nSPS) is 12.4. The summed E-state index contributed by atoms with van der Waals surface area (Å²) >= 11 is 3.21. The molecule has 16 heavy (non-hydrogen) atoms. The van der Waals surface area contributed by atoms with Gasteiger partial charge in [-0.05, 0) is 34.5 Å². The van der Waals surface area contributed by atoms with E-state index in [2.05, 4.69) is 20.9 Å². The lowest BCUT2D eigenvalue weighted by molar-refractivity contribution is -0.151. The molecule has 5 nitrogen and oxygen atoms in total. The largest absolute Gasteiger partial charge is 0.479 e. The zero-order valence-electron chi connectivity index (χ0n) is 8.47. The molecule has 1 atom stereocenters. The number of hydrogen-bond acceptors (Lipinski definition) is 4. The van der Waals surface area contributed by atoms with Crippen LogP contribution in [-0.2, 0) is 9.53 Å². The predicted octanol–water partition coefficient (Wildman–Crippen LogP) is 1.37. The number of aliphatic hydroxyl groups excluding tert-OH is 1. The fraction of sp³-hybridized carbons (Fsp3) is 0.400. The van der Waals surface area contributed by atoms with Crippen molar-refractivity contribution in [2.75, 3.05) is 13.2 Å². The predicted molar refractivity (Wildman–Crippen MR) is 60.0 cm³/mol. The van der Waals surface area contributed by atoms with Crippen LogP contribution in [0.4, 0.5) is 0 Å². The van der Waals surface area contributed by atoms with Gasteiger partial charge in [-0.3, -0.25) is 4.98 Å². The number of halogens is 1. The molecule has 1 aromatic heterocycles. The van der Waals surface area contributed by atoms with Crippen LogP contribution in [0.2, 0.25) is 0 Å². The molecular formula is C10H12BrNO4. The minimum Gasteiger partial charge on any atom is -0.479 e. The van der Waals surface area contributed by atoms with Crippen LogP contribution in [0.15, 0.2) is 22.8 Å². The van der Waals surface area contributed by atoms with Gasteiger partial charge in [0.15, 0.2) is 6.10 Å². The van der Waals surface area contributed by atoms with Crippen molar-refractivity contribution in [3.05, 3.63) is 28.5 Å². The summed E-state index contributed by atoms with van der Waals surface area (Å²) < 4.78 is 5.91. The molecule has 0 bridgehead atoms. The smallest absolute Gasteiger partial charge is 0.339 e. The lowest BCUT2D eigenvalue weighted by atomic mass is 10.2. The van der Waals surface area contributed by atoms with Crippen molar-refractivity contribution >= 4 is 21.9 Å². The van der Waals surface area contributed by atoms with Gasteiger partial charge in [-0.1, -0.05) is 0 Å². The number of nitrogens with zero attached hydrogens (tertiary/aromatic N) is 1. The van der Waals surface area contributed by atoms with Gasteiger partial charge in [0.25, 0.3) is 0 Å². The number of carboxylic acids is 1. The highest BCUT2D eigenvalue weighted by Gasteiger charge is 2.21. The summed E-state index contributed by atoms with van der Waals surface area (Å²) in [6.45, 7) is 0.158. The summed E-state index contributed by atoms with van der Waals surface area (Å²) in [5.74, 6) is -1.09. The van der Waals surface area contributed by atoms with Crippen molar-refractivity contribution in [3.8, 4) is 0 Å². The van der Waals surface area contributed by atoms with Crippen LogP contribution in [0.1, 0.15) is 18.2 Å². The molecule has 0 fully saturated rings. The highest BCUT2D eigenvalue weighted by Crippen LogP contribution is 2.17. The van der Waals surface area contributed by atoms with Crippen molar-refractivity contribution in [2.24, 2.45) is 0 Å². The van der Waals surface area contributed by atoms with E-state index in [1.807, 2.05) is 0 Å². The highest BCUT2D eigenvalue weighted by atomic mass is 79.9. The molecule has 1 heterocycles.